The molecule has 8 heteroatoms. The van der Waals surface area contributed by atoms with Crippen molar-refractivity contribution in [2.45, 2.75) is 46.3 Å². The number of piperazine rings is 1. The minimum absolute atomic E-state index is 0.000417. The summed E-state index contributed by atoms with van der Waals surface area (Å²) in [6.07, 6.45) is 4.37. The Morgan fingerprint density at radius 2 is 1.94 bits per heavy atom. The lowest BCUT2D eigenvalue weighted by Crippen LogP contribution is -2.53. The Balaban J connectivity index is 1.65. The summed E-state index contributed by atoms with van der Waals surface area (Å²) in [6.45, 7) is 9.21. The number of nitrogens with one attached hydrogen (secondary N) is 1. The average molecular weight is 478 g/mol. The number of aryl methyl sites for hydroxylation is 1. The number of amides is 2. The molecule has 186 valence electrons. The molecule has 0 spiro atoms. The molecule has 0 bridgehead atoms. The summed E-state index contributed by atoms with van der Waals surface area (Å²) in [7, 11) is 4.08. The molecule has 0 unspecified atom stereocenters. The van der Waals surface area contributed by atoms with Crippen LogP contribution >= 0.6 is 0 Å². The number of ether oxygens (including phenoxy) is 1. The van der Waals surface area contributed by atoms with Gasteiger partial charge in [-0.3, -0.25) is 9.69 Å². The van der Waals surface area contributed by atoms with Gasteiger partial charge in [0.1, 0.15) is 17.8 Å². The first-order chi connectivity index (χ1) is 16.6. The predicted octanol–water partition coefficient (Wildman–Crippen LogP) is 4.44. The third-order valence-electron chi connectivity index (χ3n) is 6.07. The average Bonchev–Trinajstić information content (AvgIpc) is 3.20. The molecule has 1 aliphatic heterocycles. The number of fused-ring (bicyclic) bond motifs is 1. The van der Waals surface area contributed by atoms with Gasteiger partial charge in [0, 0.05) is 48.7 Å². The summed E-state index contributed by atoms with van der Waals surface area (Å²) in [6, 6.07) is 8.32. The Morgan fingerprint density at radius 3 is 2.60 bits per heavy atom. The van der Waals surface area contributed by atoms with Crippen molar-refractivity contribution in [1.82, 2.24) is 19.8 Å². The zero-order valence-corrected chi connectivity index (χ0v) is 21.5. The van der Waals surface area contributed by atoms with E-state index in [1.165, 1.54) is 10.5 Å². The summed E-state index contributed by atoms with van der Waals surface area (Å²) in [5.74, 6) is -0.124. The highest BCUT2D eigenvalue weighted by Gasteiger charge is 2.31. The Hall–Kier alpha value is -3.39. The standard InChI is InChI=1S/C27H35N5O3/c1-7-18-14-28-25-23(18)12-20(15-29-25)22-13-21(9-8-19(22)16-30(5)6)32-11-10-31(17-24(32)33)26(34)35-27(2,3)4/h8-9,12-15H,7,10-11,16-17H2,1-6H3,(H,28,29). The van der Waals surface area contributed by atoms with Crippen LogP contribution in [0.3, 0.4) is 0 Å². The maximum Gasteiger partial charge on any atom is 0.410 e. The van der Waals surface area contributed by atoms with Crippen LogP contribution in [0.25, 0.3) is 22.2 Å². The fourth-order valence-corrected chi connectivity index (χ4v) is 4.41. The molecule has 0 saturated carbocycles. The van der Waals surface area contributed by atoms with Crippen molar-refractivity contribution >= 4 is 28.7 Å². The molecule has 1 N–H and O–H groups in total. The maximum absolute atomic E-state index is 13.1. The van der Waals surface area contributed by atoms with Crippen LogP contribution in [-0.2, 0) is 22.5 Å². The molecule has 0 atom stereocenters. The fraction of sp³-hybridized carbons (Fsp3) is 0.444. The van der Waals surface area contributed by atoms with Crippen LogP contribution in [0.5, 0.6) is 0 Å². The van der Waals surface area contributed by atoms with Crippen LogP contribution < -0.4 is 4.90 Å². The van der Waals surface area contributed by atoms with Crippen LogP contribution in [0, 0.1) is 0 Å². The molecule has 2 amide bonds. The van der Waals surface area contributed by atoms with E-state index in [-0.39, 0.29) is 12.5 Å². The number of rotatable bonds is 5. The number of anilines is 1. The van der Waals surface area contributed by atoms with Gasteiger partial charge in [-0.15, -0.1) is 0 Å². The molecule has 1 aliphatic rings. The van der Waals surface area contributed by atoms with E-state index in [2.05, 4.69) is 40.0 Å². The number of aromatic amines is 1. The summed E-state index contributed by atoms with van der Waals surface area (Å²) in [4.78, 5) is 38.8. The van der Waals surface area contributed by atoms with Crippen LogP contribution in [-0.4, -0.2) is 71.1 Å². The number of aromatic nitrogens is 2. The number of hydrogen-bond acceptors (Lipinski definition) is 5. The van der Waals surface area contributed by atoms with Gasteiger partial charge in [0.2, 0.25) is 5.91 Å². The lowest BCUT2D eigenvalue weighted by atomic mass is 9.98. The molecule has 4 rings (SSSR count). The molecule has 0 aliphatic carbocycles. The molecule has 8 nitrogen and oxygen atoms in total. The molecular weight excluding hydrogens is 442 g/mol. The molecule has 35 heavy (non-hydrogen) atoms. The lowest BCUT2D eigenvalue weighted by Gasteiger charge is -2.35. The first kappa shape index (κ1) is 24.7. The minimum Gasteiger partial charge on any atom is -0.444 e. The number of pyridine rings is 1. The second-order valence-electron chi connectivity index (χ2n) is 10.3. The van der Waals surface area contributed by atoms with Gasteiger partial charge in [-0.05, 0) is 76.2 Å². The molecule has 3 heterocycles. The van der Waals surface area contributed by atoms with Crippen molar-refractivity contribution < 1.29 is 14.3 Å². The summed E-state index contributed by atoms with van der Waals surface area (Å²) in [5.41, 5.74) is 5.56. The Bertz CT molecular complexity index is 1240. The van der Waals surface area contributed by atoms with E-state index in [4.69, 9.17) is 4.74 Å². The Morgan fingerprint density at radius 1 is 1.17 bits per heavy atom. The Kier molecular flexibility index (Phi) is 6.85. The molecule has 0 radical (unpaired) electrons. The van der Waals surface area contributed by atoms with Crippen LogP contribution in [0.4, 0.5) is 10.5 Å². The van der Waals surface area contributed by atoms with Crippen molar-refractivity contribution in [1.29, 1.82) is 0 Å². The van der Waals surface area contributed by atoms with Gasteiger partial charge in [-0.1, -0.05) is 13.0 Å². The largest absolute Gasteiger partial charge is 0.444 e. The third-order valence-corrected chi connectivity index (χ3v) is 6.07. The second kappa shape index (κ2) is 9.70. The van der Waals surface area contributed by atoms with Crippen molar-refractivity contribution in [2.24, 2.45) is 0 Å². The highest BCUT2D eigenvalue weighted by atomic mass is 16.6. The SMILES string of the molecule is CCc1c[nH]c2ncc(-c3cc(N4CCN(C(=O)OC(C)(C)C)CC4=O)ccc3CN(C)C)cc12. The highest BCUT2D eigenvalue weighted by Crippen LogP contribution is 2.32. The predicted molar refractivity (Wildman–Crippen MR) is 138 cm³/mol. The molecule has 1 saturated heterocycles. The first-order valence-corrected chi connectivity index (χ1v) is 12.1. The van der Waals surface area contributed by atoms with Gasteiger partial charge in [-0.25, -0.2) is 9.78 Å². The second-order valence-corrected chi connectivity index (χ2v) is 10.3. The number of carbonyl (C=O) groups excluding carboxylic acids is 2. The Labute approximate surface area is 206 Å². The number of H-pyrrole nitrogens is 1. The quantitative estimate of drug-likeness (QED) is 0.588. The number of carbonyl (C=O) groups is 2. The van der Waals surface area contributed by atoms with E-state index < -0.39 is 11.7 Å². The van der Waals surface area contributed by atoms with Gasteiger partial charge >= 0.3 is 6.09 Å². The molecule has 2 aromatic heterocycles. The lowest BCUT2D eigenvalue weighted by molar-refractivity contribution is -0.121. The van der Waals surface area contributed by atoms with Gasteiger partial charge < -0.3 is 19.5 Å². The molecule has 1 fully saturated rings. The van der Waals surface area contributed by atoms with Crippen molar-refractivity contribution in [2.75, 3.05) is 38.6 Å². The van der Waals surface area contributed by atoms with E-state index in [1.807, 2.05) is 53.3 Å². The fourth-order valence-electron chi connectivity index (χ4n) is 4.41. The number of nitrogens with zero attached hydrogens (tertiary/aromatic N) is 4. The zero-order chi connectivity index (χ0) is 25.3. The molecule has 3 aromatic rings. The third kappa shape index (κ3) is 5.48. The van der Waals surface area contributed by atoms with Crippen LogP contribution in [0.15, 0.2) is 36.7 Å². The topological polar surface area (TPSA) is 81.8 Å². The number of benzene rings is 1. The van der Waals surface area contributed by atoms with Crippen LogP contribution in [0.1, 0.15) is 38.8 Å². The van der Waals surface area contributed by atoms with Crippen molar-refractivity contribution in [3.63, 3.8) is 0 Å². The van der Waals surface area contributed by atoms with Gasteiger partial charge in [0.15, 0.2) is 0 Å². The normalized spacial score (nSPS) is 14.8. The van der Waals surface area contributed by atoms with Gasteiger partial charge in [0.25, 0.3) is 0 Å². The summed E-state index contributed by atoms with van der Waals surface area (Å²) < 4.78 is 5.45. The van der Waals surface area contributed by atoms with Crippen LogP contribution in [0.2, 0.25) is 0 Å². The van der Waals surface area contributed by atoms with Crippen molar-refractivity contribution in [3.05, 3.63) is 47.8 Å². The summed E-state index contributed by atoms with van der Waals surface area (Å²) >= 11 is 0. The first-order valence-electron chi connectivity index (χ1n) is 12.1. The summed E-state index contributed by atoms with van der Waals surface area (Å²) in [5, 5.41) is 1.12. The van der Waals surface area contributed by atoms with Crippen molar-refractivity contribution in [3.8, 4) is 11.1 Å². The van der Waals surface area contributed by atoms with E-state index in [9.17, 15) is 9.59 Å². The van der Waals surface area contributed by atoms with Gasteiger partial charge in [0.05, 0.1) is 0 Å². The van der Waals surface area contributed by atoms with E-state index in [0.29, 0.717) is 13.1 Å². The van der Waals surface area contributed by atoms with E-state index >= 15 is 0 Å². The van der Waals surface area contributed by atoms with Gasteiger partial charge in [-0.2, -0.15) is 0 Å². The number of hydrogen-bond donors (Lipinski definition) is 1. The smallest absolute Gasteiger partial charge is 0.410 e. The molecule has 1 aromatic carbocycles. The minimum atomic E-state index is -0.597. The maximum atomic E-state index is 13.1. The monoisotopic (exact) mass is 477 g/mol. The highest BCUT2D eigenvalue weighted by molar-refractivity contribution is 5.98. The zero-order valence-electron chi connectivity index (χ0n) is 21.5. The molecular formula is C27H35N5O3. The van der Waals surface area contributed by atoms with E-state index in [0.717, 1.165) is 46.4 Å². The van der Waals surface area contributed by atoms with E-state index in [1.54, 1.807) is 4.90 Å².